The van der Waals surface area contributed by atoms with Crippen molar-refractivity contribution >= 4 is 59.3 Å². The van der Waals surface area contributed by atoms with Crippen LogP contribution in [0.4, 0.5) is 17.1 Å². The average molecular weight is 758 g/mol. The minimum absolute atomic E-state index is 0.0445. The average Bonchev–Trinajstić information content (AvgIpc) is 3.75. The zero-order chi connectivity index (χ0) is 38.1. The normalized spacial score (nSPS) is 16.9. The highest BCUT2D eigenvalue weighted by molar-refractivity contribution is 7.25. The van der Waals surface area contributed by atoms with E-state index in [-0.39, 0.29) is 5.41 Å². The number of hydrogen-bond donors (Lipinski definition) is 0. The molecule has 1 aromatic heterocycles. The van der Waals surface area contributed by atoms with Gasteiger partial charge < -0.3 is 4.90 Å². The Kier molecular flexibility index (Phi) is 8.62. The fourth-order valence-corrected chi connectivity index (χ4v) is 12.1. The molecule has 0 aliphatic heterocycles. The number of nitrogens with zero attached hydrogens (tertiary/aromatic N) is 1. The fourth-order valence-electron chi connectivity index (χ4n) is 11.0. The van der Waals surface area contributed by atoms with Crippen LogP contribution in [0.25, 0.3) is 53.2 Å². The Bertz CT molecular complexity index is 2770. The van der Waals surface area contributed by atoms with E-state index < -0.39 is 0 Å². The van der Waals surface area contributed by atoms with Crippen molar-refractivity contribution in [3.8, 4) is 22.3 Å². The Morgan fingerprint density at radius 2 is 1.14 bits per heavy atom. The topological polar surface area (TPSA) is 3.24 Å². The molecular formula is C55H51NS. The quantitative estimate of drug-likeness (QED) is 0.163. The first-order valence-corrected chi connectivity index (χ1v) is 22.5. The molecule has 0 N–H and O–H groups in total. The van der Waals surface area contributed by atoms with E-state index in [0.29, 0.717) is 11.8 Å². The van der Waals surface area contributed by atoms with Crippen LogP contribution in [0.15, 0.2) is 140 Å². The first-order chi connectivity index (χ1) is 28.0. The molecule has 57 heavy (non-hydrogen) atoms. The van der Waals surface area contributed by atoms with Crippen LogP contribution in [0.3, 0.4) is 0 Å². The second-order valence-corrected chi connectivity index (χ2v) is 18.8. The van der Waals surface area contributed by atoms with Crippen molar-refractivity contribution in [3.63, 3.8) is 0 Å². The van der Waals surface area contributed by atoms with Crippen molar-refractivity contribution in [2.45, 2.75) is 95.3 Å². The summed E-state index contributed by atoms with van der Waals surface area (Å²) < 4.78 is 2.69. The zero-order valence-corrected chi connectivity index (χ0v) is 34.2. The van der Waals surface area contributed by atoms with Gasteiger partial charge >= 0.3 is 0 Å². The van der Waals surface area contributed by atoms with E-state index in [2.05, 4.69) is 158 Å². The third-order valence-corrected chi connectivity index (χ3v) is 15.2. The smallest absolute Gasteiger partial charge is 0.0546 e. The summed E-state index contributed by atoms with van der Waals surface area (Å²) in [6, 6.07) is 54.3. The third-order valence-electron chi connectivity index (χ3n) is 14.0. The molecule has 2 saturated carbocycles. The number of anilines is 3. The Morgan fingerprint density at radius 3 is 1.91 bits per heavy atom. The minimum atomic E-state index is -0.0445. The van der Waals surface area contributed by atoms with Gasteiger partial charge in [0.15, 0.2) is 0 Å². The summed E-state index contributed by atoms with van der Waals surface area (Å²) in [5, 5.41) is 5.25. The molecule has 0 unspecified atom stereocenters. The molecule has 0 bridgehead atoms. The van der Waals surface area contributed by atoms with Crippen molar-refractivity contribution in [2.24, 2.45) is 0 Å². The van der Waals surface area contributed by atoms with Crippen molar-refractivity contribution in [1.29, 1.82) is 0 Å². The molecule has 282 valence electrons. The van der Waals surface area contributed by atoms with Gasteiger partial charge in [-0.1, -0.05) is 143 Å². The molecule has 0 amide bonds. The van der Waals surface area contributed by atoms with E-state index in [4.69, 9.17) is 0 Å². The van der Waals surface area contributed by atoms with Gasteiger partial charge in [-0.15, -0.1) is 11.3 Å². The monoisotopic (exact) mass is 757 g/mol. The molecule has 2 heteroatoms. The summed E-state index contributed by atoms with van der Waals surface area (Å²) >= 11 is 1.90. The molecule has 1 heterocycles. The fraction of sp³-hybridized carbons (Fsp3) is 0.273. The van der Waals surface area contributed by atoms with Gasteiger partial charge in [0, 0.05) is 42.5 Å². The summed E-state index contributed by atoms with van der Waals surface area (Å²) in [5.41, 5.74) is 15.0. The van der Waals surface area contributed by atoms with Crippen LogP contribution in [0.5, 0.6) is 0 Å². The van der Waals surface area contributed by atoms with Gasteiger partial charge in [0.2, 0.25) is 0 Å². The Balaban J connectivity index is 1.19. The van der Waals surface area contributed by atoms with Gasteiger partial charge in [-0.2, -0.15) is 0 Å². The molecule has 8 aromatic rings. The van der Waals surface area contributed by atoms with Gasteiger partial charge in [0.25, 0.3) is 0 Å². The van der Waals surface area contributed by atoms with E-state index >= 15 is 0 Å². The van der Waals surface area contributed by atoms with Gasteiger partial charge in [-0.3, -0.25) is 0 Å². The molecule has 3 aliphatic carbocycles. The number of thiophene rings is 1. The largest absolute Gasteiger partial charge is 0.310 e. The summed E-state index contributed by atoms with van der Waals surface area (Å²) in [6.07, 6.45) is 13.3. The molecule has 0 spiro atoms. The van der Waals surface area contributed by atoms with E-state index in [9.17, 15) is 0 Å². The molecule has 0 atom stereocenters. The molecule has 0 saturated heterocycles. The lowest BCUT2D eigenvalue weighted by molar-refractivity contribution is 0.435. The molecule has 2 fully saturated rings. The Morgan fingerprint density at radius 1 is 0.491 bits per heavy atom. The van der Waals surface area contributed by atoms with Crippen LogP contribution in [0.1, 0.15) is 112 Å². The minimum Gasteiger partial charge on any atom is -0.310 e. The summed E-state index contributed by atoms with van der Waals surface area (Å²) in [5.74, 6) is 1.25. The van der Waals surface area contributed by atoms with Crippen molar-refractivity contribution in [1.82, 2.24) is 0 Å². The highest BCUT2D eigenvalue weighted by Gasteiger charge is 2.36. The number of benzene rings is 7. The van der Waals surface area contributed by atoms with Crippen molar-refractivity contribution in [3.05, 3.63) is 162 Å². The maximum absolute atomic E-state index is 2.66. The lowest BCUT2D eigenvalue weighted by Crippen LogP contribution is -2.16. The molecule has 1 nitrogen and oxygen atoms in total. The van der Waals surface area contributed by atoms with Crippen LogP contribution in [0, 0.1) is 0 Å². The Labute approximate surface area is 342 Å². The molecule has 11 rings (SSSR count). The number of hydrogen-bond acceptors (Lipinski definition) is 2. The van der Waals surface area contributed by atoms with Crippen molar-refractivity contribution in [2.75, 3.05) is 4.90 Å². The second kappa shape index (κ2) is 14.0. The van der Waals surface area contributed by atoms with Crippen LogP contribution < -0.4 is 4.90 Å². The van der Waals surface area contributed by atoms with Crippen LogP contribution in [0.2, 0.25) is 0 Å². The first-order valence-electron chi connectivity index (χ1n) is 21.6. The van der Waals surface area contributed by atoms with Crippen molar-refractivity contribution < 1.29 is 0 Å². The van der Waals surface area contributed by atoms with Crippen LogP contribution >= 0.6 is 11.3 Å². The van der Waals surface area contributed by atoms with Gasteiger partial charge in [0.05, 0.1) is 5.69 Å². The number of rotatable bonds is 6. The highest BCUT2D eigenvalue weighted by Crippen LogP contribution is 2.53. The summed E-state index contributed by atoms with van der Waals surface area (Å²) in [6.45, 7) is 4.79. The number of fused-ring (bicyclic) bond motifs is 7. The van der Waals surface area contributed by atoms with Gasteiger partial charge in [0.1, 0.15) is 0 Å². The lowest BCUT2D eigenvalue weighted by Gasteiger charge is -2.33. The van der Waals surface area contributed by atoms with E-state index in [1.165, 1.54) is 146 Å². The third kappa shape index (κ3) is 5.94. The van der Waals surface area contributed by atoms with E-state index in [0.717, 1.165) is 0 Å². The maximum Gasteiger partial charge on any atom is 0.0546 e. The van der Waals surface area contributed by atoms with Gasteiger partial charge in [-0.25, -0.2) is 0 Å². The Hall–Kier alpha value is -5.18. The summed E-state index contributed by atoms with van der Waals surface area (Å²) in [7, 11) is 0. The lowest BCUT2D eigenvalue weighted by atomic mass is 9.79. The first kappa shape index (κ1) is 35.0. The zero-order valence-electron chi connectivity index (χ0n) is 33.4. The second-order valence-electron chi connectivity index (χ2n) is 17.8. The predicted molar refractivity (Wildman–Crippen MR) is 246 cm³/mol. The van der Waals surface area contributed by atoms with E-state index in [1.807, 2.05) is 11.3 Å². The van der Waals surface area contributed by atoms with E-state index in [1.54, 1.807) is 11.1 Å². The molecule has 0 radical (unpaired) electrons. The summed E-state index contributed by atoms with van der Waals surface area (Å²) in [4.78, 5) is 2.66. The van der Waals surface area contributed by atoms with Gasteiger partial charge in [-0.05, 0) is 136 Å². The van der Waals surface area contributed by atoms with Crippen LogP contribution in [-0.2, 0) is 5.41 Å². The molecule has 7 aromatic carbocycles. The molecule has 3 aliphatic rings. The maximum atomic E-state index is 2.66. The van der Waals surface area contributed by atoms with Crippen LogP contribution in [-0.4, -0.2) is 0 Å². The standard InChI is InChI=1S/C55H51NS/c1-55(2)49-23-13-11-21-45(49)47-35-42(27-28-50(47)55)56(43-32-40(36-15-5-3-6-16-36)31-41(33-43)37-17-7-4-8-18-37)51-29-25-38-19-9-10-20-44(38)54(51)39-26-30-53-48(34-39)46-22-12-14-24-52(46)57-53/h9-14,19-37H,3-8,15-18H2,1-2H3. The molecular weight excluding hydrogens is 707 g/mol. The highest BCUT2D eigenvalue weighted by atomic mass is 32.1. The predicted octanol–water partition coefficient (Wildman–Crippen LogP) is 16.7. The SMILES string of the molecule is CC1(C)c2ccccc2-c2cc(N(c3cc(C4CCCCC4)cc(C4CCCCC4)c3)c3ccc4ccccc4c3-c3ccc4sc5ccccc5c4c3)ccc21.